The van der Waals surface area contributed by atoms with Gasteiger partial charge in [-0.15, -0.1) is 0 Å². The monoisotopic (exact) mass is 268 g/mol. The molecular formula is C15H28N2O2. The van der Waals surface area contributed by atoms with Gasteiger partial charge in [-0.25, -0.2) is 0 Å². The molecule has 0 radical (unpaired) electrons. The second-order valence-corrected chi connectivity index (χ2v) is 6.61. The molecule has 2 N–H and O–H groups in total. The van der Waals surface area contributed by atoms with Crippen molar-refractivity contribution in [1.29, 1.82) is 0 Å². The molecule has 2 fully saturated rings. The third-order valence-corrected chi connectivity index (χ3v) is 4.72. The molecule has 1 heterocycles. The van der Waals surface area contributed by atoms with Gasteiger partial charge in [-0.2, -0.15) is 0 Å². The maximum absolute atomic E-state index is 12.6. The summed E-state index contributed by atoms with van der Waals surface area (Å²) in [5.41, 5.74) is 5.99. The molecular weight excluding hydrogens is 240 g/mol. The first-order valence-corrected chi connectivity index (χ1v) is 7.62. The lowest BCUT2D eigenvalue weighted by Crippen LogP contribution is -2.53. The van der Waals surface area contributed by atoms with E-state index in [1.165, 1.54) is 6.42 Å². The Morgan fingerprint density at radius 2 is 2.16 bits per heavy atom. The fourth-order valence-electron chi connectivity index (χ4n) is 3.46. The van der Waals surface area contributed by atoms with E-state index >= 15 is 0 Å². The van der Waals surface area contributed by atoms with Crippen molar-refractivity contribution in [3.05, 3.63) is 0 Å². The first kappa shape index (κ1) is 14.8. The van der Waals surface area contributed by atoms with Gasteiger partial charge < -0.3 is 15.4 Å². The summed E-state index contributed by atoms with van der Waals surface area (Å²) in [5.74, 6) is 0.723. The van der Waals surface area contributed by atoms with Gasteiger partial charge in [0.25, 0.3) is 0 Å². The minimum Gasteiger partial charge on any atom is -0.381 e. The number of hydrogen-bond donors (Lipinski definition) is 1. The average molecular weight is 268 g/mol. The van der Waals surface area contributed by atoms with Crippen molar-refractivity contribution in [2.45, 2.75) is 51.0 Å². The standard InChI is InChI=1S/C15H28N2O2/c1-15(16)8-4-3-7-13(15)14(18)17(2)10-12-6-5-9-19-11-12/h12-13H,3-11,16H2,1-2H3. The summed E-state index contributed by atoms with van der Waals surface area (Å²) in [4.78, 5) is 14.5. The Morgan fingerprint density at radius 1 is 1.37 bits per heavy atom. The molecule has 1 saturated heterocycles. The molecule has 0 aromatic heterocycles. The lowest BCUT2D eigenvalue weighted by atomic mass is 9.74. The molecule has 1 saturated carbocycles. The highest BCUT2D eigenvalue weighted by atomic mass is 16.5. The molecule has 19 heavy (non-hydrogen) atoms. The summed E-state index contributed by atoms with van der Waals surface area (Å²) < 4.78 is 5.49. The molecule has 1 aliphatic carbocycles. The van der Waals surface area contributed by atoms with Crippen LogP contribution in [0.1, 0.15) is 45.4 Å². The van der Waals surface area contributed by atoms with Crippen LogP contribution >= 0.6 is 0 Å². The molecule has 4 nitrogen and oxygen atoms in total. The molecule has 2 aliphatic rings. The zero-order chi connectivity index (χ0) is 13.9. The van der Waals surface area contributed by atoms with Crippen molar-refractivity contribution < 1.29 is 9.53 Å². The van der Waals surface area contributed by atoms with Gasteiger partial charge in [0.1, 0.15) is 0 Å². The van der Waals surface area contributed by atoms with Crippen LogP contribution in [0.25, 0.3) is 0 Å². The van der Waals surface area contributed by atoms with E-state index < -0.39 is 0 Å². The third-order valence-electron chi connectivity index (χ3n) is 4.72. The van der Waals surface area contributed by atoms with Crippen molar-refractivity contribution in [2.75, 3.05) is 26.8 Å². The quantitative estimate of drug-likeness (QED) is 0.849. The van der Waals surface area contributed by atoms with Gasteiger partial charge in [0.2, 0.25) is 5.91 Å². The van der Waals surface area contributed by atoms with Crippen molar-refractivity contribution in [1.82, 2.24) is 4.90 Å². The van der Waals surface area contributed by atoms with Gasteiger partial charge in [0, 0.05) is 25.7 Å². The topological polar surface area (TPSA) is 55.6 Å². The number of amides is 1. The van der Waals surface area contributed by atoms with Crippen LogP contribution in [0.3, 0.4) is 0 Å². The van der Waals surface area contributed by atoms with E-state index in [0.29, 0.717) is 5.92 Å². The van der Waals surface area contributed by atoms with Gasteiger partial charge in [-0.05, 0) is 38.5 Å². The Bertz CT molecular complexity index is 311. The first-order chi connectivity index (χ1) is 9.00. The summed E-state index contributed by atoms with van der Waals surface area (Å²) >= 11 is 0. The van der Waals surface area contributed by atoms with Crippen LogP contribution in [0.4, 0.5) is 0 Å². The Balaban J connectivity index is 1.90. The Kier molecular flexibility index (Phi) is 4.85. The number of hydrogen-bond acceptors (Lipinski definition) is 3. The van der Waals surface area contributed by atoms with E-state index in [2.05, 4.69) is 0 Å². The highest BCUT2D eigenvalue weighted by Crippen LogP contribution is 2.33. The van der Waals surface area contributed by atoms with Crippen LogP contribution in [0, 0.1) is 11.8 Å². The first-order valence-electron chi connectivity index (χ1n) is 7.62. The van der Waals surface area contributed by atoms with Gasteiger partial charge in [0.05, 0.1) is 12.5 Å². The average Bonchev–Trinajstić information content (AvgIpc) is 2.38. The molecule has 2 rings (SSSR count). The predicted molar refractivity (Wildman–Crippen MR) is 75.7 cm³/mol. The van der Waals surface area contributed by atoms with Crippen LogP contribution in [0.15, 0.2) is 0 Å². The van der Waals surface area contributed by atoms with Crippen LogP contribution < -0.4 is 5.73 Å². The second-order valence-electron chi connectivity index (χ2n) is 6.61. The zero-order valence-corrected chi connectivity index (χ0v) is 12.4. The van der Waals surface area contributed by atoms with Gasteiger partial charge in [-0.1, -0.05) is 12.8 Å². The molecule has 110 valence electrons. The Morgan fingerprint density at radius 3 is 2.79 bits per heavy atom. The van der Waals surface area contributed by atoms with Gasteiger partial charge in [0.15, 0.2) is 0 Å². The SMILES string of the molecule is CN(CC1CCCOC1)C(=O)C1CCCCC1(C)N. The smallest absolute Gasteiger partial charge is 0.227 e. The summed E-state index contributed by atoms with van der Waals surface area (Å²) in [6.45, 7) is 4.51. The molecule has 0 spiro atoms. The largest absolute Gasteiger partial charge is 0.381 e. The minimum absolute atomic E-state index is 0.00393. The fraction of sp³-hybridized carbons (Fsp3) is 0.933. The number of nitrogens with zero attached hydrogens (tertiary/aromatic N) is 1. The lowest BCUT2D eigenvalue weighted by Gasteiger charge is -2.40. The Labute approximate surface area is 116 Å². The molecule has 3 unspecified atom stereocenters. The van der Waals surface area contributed by atoms with E-state index in [9.17, 15) is 4.79 Å². The third kappa shape index (κ3) is 3.69. The summed E-state index contributed by atoms with van der Waals surface area (Å²) in [6, 6.07) is 0. The number of ether oxygens (including phenoxy) is 1. The molecule has 3 atom stereocenters. The molecule has 4 heteroatoms. The lowest BCUT2D eigenvalue weighted by molar-refractivity contribution is -0.138. The molecule has 1 aliphatic heterocycles. The molecule has 1 amide bonds. The number of rotatable bonds is 3. The van der Waals surface area contributed by atoms with Crippen molar-refractivity contribution in [2.24, 2.45) is 17.6 Å². The number of nitrogens with two attached hydrogens (primary N) is 1. The van der Waals surface area contributed by atoms with E-state index in [4.69, 9.17) is 10.5 Å². The van der Waals surface area contributed by atoms with E-state index in [1.54, 1.807) is 0 Å². The summed E-state index contributed by atoms with van der Waals surface area (Å²) in [7, 11) is 1.92. The molecule has 0 aromatic carbocycles. The maximum atomic E-state index is 12.6. The van der Waals surface area contributed by atoms with Crippen LogP contribution in [0.5, 0.6) is 0 Å². The zero-order valence-electron chi connectivity index (χ0n) is 12.4. The molecule has 0 aromatic rings. The summed E-state index contributed by atoms with van der Waals surface area (Å²) in [5, 5.41) is 0. The van der Waals surface area contributed by atoms with E-state index in [1.807, 2.05) is 18.9 Å². The minimum atomic E-state index is -0.327. The highest BCUT2D eigenvalue weighted by molar-refractivity contribution is 5.80. The number of carbonyl (C=O) groups excluding carboxylic acids is 1. The van der Waals surface area contributed by atoms with Gasteiger partial charge in [-0.3, -0.25) is 4.79 Å². The van der Waals surface area contributed by atoms with Crippen LogP contribution in [0.2, 0.25) is 0 Å². The van der Waals surface area contributed by atoms with Crippen molar-refractivity contribution >= 4 is 5.91 Å². The predicted octanol–water partition coefficient (Wildman–Crippen LogP) is 1.78. The number of carbonyl (C=O) groups is 1. The van der Waals surface area contributed by atoms with Crippen LogP contribution in [-0.4, -0.2) is 43.2 Å². The van der Waals surface area contributed by atoms with Gasteiger partial charge >= 0.3 is 0 Å². The Hall–Kier alpha value is -0.610. The van der Waals surface area contributed by atoms with Crippen molar-refractivity contribution in [3.8, 4) is 0 Å². The van der Waals surface area contributed by atoms with Crippen molar-refractivity contribution in [3.63, 3.8) is 0 Å². The summed E-state index contributed by atoms with van der Waals surface area (Å²) in [6.07, 6.45) is 6.47. The molecule has 0 bridgehead atoms. The maximum Gasteiger partial charge on any atom is 0.227 e. The van der Waals surface area contributed by atoms with Crippen LogP contribution in [-0.2, 0) is 9.53 Å². The fourth-order valence-corrected chi connectivity index (χ4v) is 3.46. The van der Waals surface area contributed by atoms with E-state index in [-0.39, 0.29) is 17.4 Å². The normalized spacial score (nSPS) is 35.9. The highest BCUT2D eigenvalue weighted by Gasteiger charge is 2.39. The van der Waals surface area contributed by atoms with E-state index in [0.717, 1.165) is 51.9 Å². The second kappa shape index (κ2) is 6.23.